The second-order valence-electron chi connectivity index (χ2n) is 5.12. The van der Waals surface area contributed by atoms with Crippen LogP contribution < -0.4 is 5.32 Å². The third-order valence-corrected chi connectivity index (χ3v) is 3.95. The smallest absolute Gasteiger partial charge is 0.314 e. The molecule has 1 aromatic rings. The minimum absolute atomic E-state index is 0. The molecule has 9 heteroatoms. The van der Waals surface area contributed by atoms with E-state index in [-0.39, 0.29) is 31.2 Å². The summed E-state index contributed by atoms with van der Waals surface area (Å²) in [7, 11) is 0. The summed E-state index contributed by atoms with van der Waals surface area (Å²) in [5, 5.41) is 3.46. The third-order valence-electron chi connectivity index (χ3n) is 3.61. The van der Waals surface area contributed by atoms with Gasteiger partial charge in [0.15, 0.2) is 0 Å². The Bertz CT molecular complexity index is 480. The first-order valence-corrected chi connectivity index (χ1v) is 7.21. The zero-order valence-electron chi connectivity index (χ0n) is 12.2. The summed E-state index contributed by atoms with van der Waals surface area (Å²) in [6.07, 6.45) is -5.26. The standard InChI is InChI=1S/C14H17ClF4N2.2ClH/c15-12-2-1-10(16)9-11(12)13(3-4-14(17,18)19)21-7-5-20-6-8-21;;/h1-2,9,13,20H,3-8H2;2*1H/t13-;;/m0../s1. The van der Waals surface area contributed by atoms with E-state index in [1.807, 2.05) is 4.90 Å². The summed E-state index contributed by atoms with van der Waals surface area (Å²) >= 11 is 6.07. The van der Waals surface area contributed by atoms with Crippen molar-refractivity contribution >= 4 is 36.4 Å². The SMILES string of the molecule is Cl.Cl.Fc1ccc(Cl)c([C@H](CCC(F)(F)F)N2CCNCC2)c1. The van der Waals surface area contributed by atoms with Crippen LogP contribution in [0.4, 0.5) is 17.6 Å². The minimum Gasteiger partial charge on any atom is -0.314 e. The Morgan fingerprint density at radius 2 is 1.78 bits per heavy atom. The first-order chi connectivity index (χ1) is 9.87. The van der Waals surface area contributed by atoms with Crippen molar-refractivity contribution < 1.29 is 17.6 Å². The van der Waals surface area contributed by atoms with Crippen molar-refractivity contribution in [2.24, 2.45) is 0 Å². The molecule has 1 N–H and O–H groups in total. The van der Waals surface area contributed by atoms with E-state index < -0.39 is 24.5 Å². The lowest BCUT2D eigenvalue weighted by Gasteiger charge is -2.36. The van der Waals surface area contributed by atoms with Crippen molar-refractivity contribution in [1.29, 1.82) is 0 Å². The maximum absolute atomic E-state index is 13.4. The molecule has 1 heterocycles. The van der Waals surface area contributed by atoms with E-state index in [1.165, 1.54) is 18.2 Å². The molecule has 1 atom stereocenters. The fraction of sp³-hybridized carbons (Fsp3) is 0.571. The molecule has 0 saturated carbocycles. The van der Waals surface area contributed by atoms with Crippen LogP contribution in [0.25, 0.3) is 0 Å². The van der Waals surface area contributed by atoms with Gasteiger partial charge in [0.1, 0.15) is 5.82 Å². The Balaban J connectivity index is 0.00000242. The number of hydrogen-bond acceptors (Lipinski definition) is 2. The molecule has 2 rings (SSSR count). The molecule has 2 nitrogen and oxygen atoms in total. The quantitative estimate of drug-likeness (QED) is 0.746. The van der Waals surface area contributed by atoms with Crippen LogP contribution in [0.3, 0.4) is 0 Å². The van der Waals surface area contributed by atoms with Gasteiger partial charge in [0, 0.05) is 43.7 Å². The molecule has 0 amide bonds. The number of nitrogens with one attached hydrogen (secondary N) is 1. The molecule has 1 aliphatic rings. The first kappa shape index (κ1) is 22.7. The zero-order valence-corrected chi connectivity index (χ0v) is 14.6. The Kier molecular flexibility index (Phi) is 9.77. The van der Waals surface area contributed by atoms with Gasteiger partial charge in [-0.15, -0.1) is 24.8 Å². The Labute approximate surface area is 150 Å². The molecule has 0 aromatic heterocycles. The molecule has 1 fully saturated rings. The van der Waals surface area contributed by atoms with E-state index in [0.29, 0.717) is 36.8 Å². The topological polar surface area (TPSA) is 15.3 Å². The summed E-state index contributed by atoms with van der Waals surface area (Å²) in [5.41, 5.74) is 0.433. The molecule has 1 aliphatic heterocycles. The molecule has 0 aliphatic carbocycles. The summed E-state index contributed by atoms with van der Waals surface area (Å²) in [6, 6.07) is 3.34. The molecule has 1 saturated heterocycles. The van der Waals surface area contributed by atoms with Gasteiger partial charge in [0.25, 0.3) is 0 Å². The van der Waals surface area contributed by atoms with Crippen LogP contribution in [-0.2, 0) is 0 Å². The van der Waals surface area contributed by atoms with Crippen LogP contribution in [0.5, 0.6) is 0 Å². The van der Waals surface area contributed by atoms with E-state index in [9.17, 15) is 17.6 Å². The lowest BCUT2D eigenvalue weighted by Crippen LogP contribution is -2.45. The second kappa shape index (κ2) is 9.89. The van der Waals surface area contributed by atoms with Gasteiger partial charge in [-0.2, -0.15) is 13.2 Å². The fourth-order valence-corrected chi connectivity index (χ4v) is 2.84. The van der Waals surface area contributed by atoms with Crippen molar-refractivity contribution in [3.05, 3.63) is 34.6 Å². The van der Waals surface area contributed by atoms with Crippen molar-refractivity contribution in [3.63, 3.8) is 0 Å². The highest BCUT2D eigenvalue weighted by molar-refractivity contribution is 6.31. The van der Waals surface area contributed by atoms with Gasteiger partial charge in [0.2, 0.25) is 0 Å². The number of nitrogens with zero attached hydrogens (tertiary/aromatic N) is 1. The van der Waals surface area contributed by atoms with Crippen LogP contribution >= 0.6 is 36.4 Å². The van der Waals surface area contributed by atoms with Gasteiger partial charge in [0.05, 0.1) is 0 Å². The Hall–Kier alpha value is -0.270. The van der Waals surface area contributed by atoms with E-state index in [2.05, 4.69) is 5.32 Å². The van der Waals surface area contributed by atoms with Gasteiger partial charge >= 0.3 is 6.18 Å². The predicted octanol–water partition coefficient (Wildman–Crippen LogP) is 4.61. The average Bonchev–Trinajstić information content (AvgIpc) is 2.43. The van der Waals surface area contributed by atoms with E-state index >= 15 is 0 Å². The number of rotatable bonds is 4. The van der Waals surface area contributed by atoms with Crippen LogP contribution in [0.15, 0.2) is 18.2 Å². The van der Waals surface area contributed by atoms with Crippen LogP contribution in [0.2, 0.25) is 5.02 Å². The highest BCUT2D eigenvalue weighted by Gasteiger charge is 2.32. The maximum Gasteiger partial charge on any atom is 0.389 e. The molecule has 0 spiro atoms. The molecular formula is C14H19Cl3F4N2. The lowest BCUT2D eigenvalue weighted by molar-refractivity contribution is -0.138. The van der Waals surface area contributed by atoms with E-state index in [1.54, 1.807) is 0 Å². The van der Waals surface area contributed by atoms with Crippen LogP contribution in [-0.4, -0.2) is 37.3 Å². The van der Waals surface area contributed by atoms with Crippen LogP contribution in [0.1, 0.15) is 24.4 Å². The fourth-order valence-electron chi connectivity index (χ4n) is 2.60. The molecule has 23 heavy (non-hydrogen) atoms. The molecule has 0 unspecified atom stereocenters. The second-order valence-corrected chi connectivity index (χ2v) is 5.53. The van der Waals surface area contributed by atoms with Gasteiger partial charge in [-0.3, -0.25) is 4.90 Å². The molecule has 0 bridgehead atoms. The largest absolute Gasteiger partial charge is 0.389 e. The van der Waals surface area contributed by atoms with Gasteiger partial charge in [-0.1, -0.05) is 11.6 Å². The minimum atomic E-state index is -4.23. The molecule has 1 aromatic carbocycles. The van der Waals surface area contributed by atoms with E-state index in [0.717, 1.165) is 0 Å². The summed E-state index contributed by atoms with van der Waals surface area (Å²) < 4.78 is 51.1. The van der Waals surface area contributed by atoms with Gasteiger partial charge in [-0.05, 0) is 30.2 Å². The van der Waals surface area contributed by atoms with Crippen molar-refractivity contribution in [2.75, 3.05) is 26.2 Å². The Morgan fingerprint density at radius 3 is 2.35 bits per heavy atom. The zero-order chi connectivity index (χ0) is 15.5. The number of halogens is 7. The predicted molar refractivity (Wildman–Crippen MR) is 88.4 cm³/mol. The van der Waals surface area contributed by atoms with Gasteiger partial charge in [-0.25, -0.2) is 4.39 Å². The summed E-state index contributed by atoms with van der Waals surface area (Å²) in [4.78, 5) is 1.93. The summed E-state index contributed by atoms with van der Waals surface area (Å²) in [5.74, 6) is -0.485. The first-order valence-electron chi connectivity index (χ1n) is 6.83. The van der Waals surface area contributed by atoms with Crippen LogP contribution in [0, 0.1) is 5.82 Å². The highest BCUT2D eigenvalue weighted by atomic mass is 35.5. The Morgan fingerprint density at radius 1 is 1.17 bits per heavy atom. The average molecular weight is 398 g/mol. The van der Waals surface area contributed by atoms with Crippen molar-refractivity contribution in [1.82, 2.24) is 10.2 Å². The maximum atomic E-state index is 13.4. The number of alkyl halides is 3. The highest BCUT2D eigenvalue weighted by Crippen LogP contribution is 2.35. The molecular weight excluding hydrogens is 379 g/mol. The molecule has 0 radical (unpaired) electrons. The normalized spacial score (nSPS) is 17.1. The third kappa shape index (κ3) is 7.01. The summed E-state index contributed by atoms with van der Waals surface area (Å²) in [6.45, 7) is 2.65. The number of piperazine rings is 1. The number of hydrogen-bond donors (Lipinski definition) is 1. The van der Waals surface area contributed by atoms with E-state index in [4.69, 9.17) is 11.6 Å². The number of benzene rings is 1. The van der Waals surface area contributed by atoms with Crippen molar-refractivity contribution in [2.45, 2.75) is 25.1 Å². The van der Waals surface area contributed by atoms with Gasteiger partial charge < -0.3 is 5.32 Å². The monoisotopic (exact) mass is 396 g/mol. The lowest BCUT2D eigenvalue weighted by atomic mass is 9.99. The molecule has 134 valence electrons. The van der Waals surface area contributed by atoms with Crippen molar-refractivity contribution in [3.8, 4) is 0 Å².